The number of esters is 3. The summed E-state index contributed by atoms with van der Waals surface area (Å²) in [6.45, 7) is 3.61. The van der Waals surface area contributed by atoms with Crippen LogP contribution in [0.5, 0.6) is 5.75 Å². The quantitative estimate of drug-likeness (QED) is 0.446. The molecule has 0 aromatic carbocycles. The maximum absolute atomic E-state index is 11.7. The molecular weight excluding hydrogens is 412 g/mol. The van der Waals surface area contributed by atoms with Crippen molar-refractivity contribution in [1.82, 2.24) is 20.0 Å². The van der Waals surface area contributed by atoms with E-state index in [0.29, 0.717) is 11.4 Å². The van der Waals surface area contributed by atoms with E-state index in [1.807, 2.05) is 0 Å². The average Bonchev–Trinajstić information content (AvgIpc) is 3.17. The number of aromatic nitrogens is 4. The summed E-state index contributed by atoms with van der Waals surface area (Å²) in [5, 5.41) is 8.04. The first-order valence-corrected chi connectivity index (χ1v) is 9.40. The fourth-order valence-electron chi connectivity index (χ4n) is 3.04. The molecule has 1 aliphatic rings. The lowest BCUT2D eigenvalue weighted by atomic mass is 10.0. The molecule has 1 saturated heterocycles. The Bertz CT molecular complexity index is 919. The molecule has 0 spiro atoms. The maximum Gasteiger partial charge on any atom is 0.303 e. The molecule has 2 aromatic heterocycles. The zero-order valence-corrected chi connectivity index (χ0v) is 17.2. The van der Waals surface area contributed by atoms with Gasteiger partial charge >= 0.3 is 17.9 Å². The van der Waals surface area contributed by atoms with Gasteiger partial charge in [-0.2, -0.15) is 0 Å². The highest BCUT2D eigenvalue weighted by Crippen LogP contribution is 2.30. The summed E-state index contributed by atoms with van der Waals surface area (Å²) in [5.41, 5.74) is 0.472. The van der Waals surface area contributed by atoms with Crippen LogP contribution in [0, 0.1) is 0 Å². The second-order valence-corrected chi connectivity index (χ2v) is 6.69. The molecule has 2 aromatic rings. The molecule has 0 saturated carbocycles. The highest BCUT2D eigenvalue weighted by Gasteiger charge is 2.48. The number of nitrogens with zero attached hydrogens (tertiary/aromatic N) is 4. The monoisotopic (exact) mass is 434 g/mol. The van der Waals surface area contributed by atoms with Crippen molar-refractivity contribution in [2.75, 3.05) is 6.61 Å². The van der Waals surface area contributed by atoms with Crippen molar-refractivity contribution in [2.45, 2.75) is 51.9 Å². The highest BCUT2D eigenvalue weighted by molar-refractivity contribution is 5.68. The molecule has 166 valence electrons. The first-order chi connectivity index (χ1) is 14.8. The van der Waals surface area contributed by atoms with E-state index in [4.69, 9.17) is 23.7 Å². The van der Waals surface area contributed by atoms with Crippen LogP contribution in [0.4, 0.5) is 0 Å². The van der Waals surface area contributed by atoms with Gasteiger partial charge in [0.25, 0.3) is 0 Å². The van der Waals surface area contributed by atoms with Crippen LogP contribution in [0.15, 0.2) is 30.7 Å². The van der Waals surface area contributed by atoms with Gasteiger partial charge in [-0.25, -0.2) is 4.68 Å². The minimum absolute atomic E-state index is 0.110. The molecule has 4 atom stereocenters. The molecule has 3 rings (SSSR count). The lowest BCUT2D eigenvalue weighted by Crippen LogP contribution is -2.55. The van der Waals surface area contributed by atoms with Crippen LogP contribution in [0.25, 0.3) is 0 Å². The van der Waals surface area contributed by atoms with Gasteiger partial charge in [-0.15, -0.1) is 5.10 Å². The van der Waals surface area contributed by atoms with Gasteiger partial charge in [-0.3, -0.25) is 19.4 Å². The molecule has 31 heavy (non-hydrogen) atoms. The third-order valence-corrected chi connectivity index (χ3v) is 4.16. The van der Waals surface area contributed by atoms with Crippen molar-refractivity contribution in [2.24, 2.45) is 0 Å². The molecule has 1 fully saturated rings. The van der Waals surface area contributed by atoms with Crippen molar-refractivity contribution in [3.8, 4) is 5.75 Å². The Hall–Kier alpha value is -3.54. The number of ether oxygens (including phenoxy) is 5. The predicted octanol–water partition coefficient (Wildman–Crippen LogP) is 0.576. The molecule has 0 aliphatic carbocycles. The van der Waals surface area contributed by atoms with E-state index in [9.17, 15) is 14.4 Å². The smallest absolute Gasteiger partial charge is 0.303 e. The van der Waals surface area contributed by atoms with Gasteiger partial charge in [0.05, 0.1) is 19.0 Å². The van der Waals surface area contributed by atoms with E-state index in [0.717, 1.165) is 0 Å². The molecule has 0 N–H and O–H groups in total. The first kappa shape index (κ1) is 22.2. The van der Waals surface area contributed by atoms with Gasteiger partial charge in [0.2, 0.25) is 0 Å². The summed E-state index contributed by atoms with van der Waals surface area (Å²) >= 11 is 0. The third-order valence-electron chi connectivity index (χ3n) is 4.16. The van der Waals surface area contributed by atoms with E-state index in [1.54, 1.807) is 30.7 Å². The standard InChI is InChI=1S/C19H22N4O8/c1-11(24)29-16-10-28-19(18(31-13(3)26)17(16)30-12(2)25)23-8-14(21-22-23)9-27-15-5-4-6-20-7-15/h4-8,16-19H,9-10H2,1-3H3/t16-,17+,18-,19-/m1/s1. The summed E-state index contributed by atoms with van der Waals surface area (Å²) in [6.07, 6.45) is 0.579. The van der Waals surface area contributed by atoms with Crippen LogP contribution in [0.3, 0.4) is 0 Å². The lowest BCUT2D eigenvalue weighted by molar-refractivity contribution is -0.241. The molecule has 0 radical (unpaired) electrons. The fraction of sp³-hybridized carbons (Fsp3) is 0.474. The topological polar surface area (TPSA) is 141 Å². The normalized spacial score (nSPS) is 22.9. The van der Waals surface area contributed by atoms with Crippen molar-refractivity contribution < 1.29 is 38.1 Å². The van der Waals surface area contributed by atoms with Gasteiger partial charge in [-0.05, 0) is 12.1 Å². The van der Waals surface area contributed by atoms with Gasteiger partial charge in [-0.1, -0.05) is 5.21 Å². The van der Waals surface area contributed by atoms with E-state index in [-0.39, 0.29) is 13.2 Å². The Kier molecular flexibility index (Phi) is 7.13. The highest BCUT2D eigenvalue weighted by atomic mass is 16.6. The minimum atomic E-state index is -1.13. The van der Waals surface area contributed by atoms with Crippen LogP contribution in [0.1, 0.15) is 32.7 Å². The van der Waals surface area contributed by atoms with Crippen LogP contribution in [-0.4, -0.2) is 62.8 Å². The molecule has 0 unspecified atom stereocenters. The number of carbonyl (C=O) groups is 3. The Morgan fingerprint density at radius 2 is 1.81 bits per heavy atom. The maximum atomic E-state index is 11.7. The number of hydrogen-bond donors (Lipinski definition) is 0. The van der Waals surface area contributed by atoms with Gasteiger partial charge in [0.1, 0.15) is 18.1 Å². The zero-order valence-electron chi connectivity index (χ0n) is 17.2. The SMILES string of the molecule is CC(=O)O[C@@H]1[C@@H](OC(C)=O)[C@H](OC(C)=O)CO[C@H]1n1cc(COc2cccnc2)nn1. The Labute approximate surface area is 177 Å². The Morgan fingerprint density at radius 1 is 1.10 bits per heavy atom. The molecule has 1 aliphatic heterocycles. The van der Waals surface area contributed by atoms with E-state index in [2.05, 4.69) is 15.3 Å². The number of hydrogen-bond acceptors (Lipinski definition) is 11. The predicted molar refractivity (Wildman–Crippen MR) is 100 cm³/mol. The average molecular weight is 434 g/mol. The van der Waals surface area contributed by atoms with Gasteiger partial charge in [0.15, 0.2) is 24.5 Å². The van der Waals surface area contributed by atoms with Crippen LogP contribution >= 0.6 is 0 Å². The van der Waals surface area contributed by atoms with Crippen molar-refractivity contribution in [3.05, 3.63) is 36.4 Å². The lowest BCUT2D eigenvalue weighted by Gasteiger charge is -2.40. The third kappa shape index (κ3) is 5.98. The summed E-state index contributed by atoms with van der Waals surface area (Å²) in [4.78, 5) is 38.8. The minimum Gasteiger partial charge on any atom is -0.486 e. The zero-order chi connectivity index (χ0) is 22.4. The summed E-state index contributed by atoms with van der Waals surface area (Å²) in [5.74, 6) is -1.31. The van der Waals surface area contributed by atoms with Crippen molar-refractivity contribution >= 4 is 17.9 Å². The molecular formula is C19H22N4O8. The van der Waals surface area contributed by atoms with E-state index < -0.39 is 42.4 Å². The fourth-order valence-corrected chi connectivity index (χ4v) is 3.04. The molecule has 0 bridgehead atoms. The van der Waals surface area contributed by atoms with Gasteiger partial charge in [0, 0.05) is 27.0 Å². The second kappa shape index (κ2) is 9.98. The van der Waals surface area contributed by atoms with Crippen LogP contribution in [0.2, 0.25) is 0 Å². The Balaban J connectivity index is 1.79. The van der Waals surface area contributed by atoms with Crippen molar-refractivity contribution in [1.29, 1.82) is 0 Å². The van der Waals surface area contributed by atoms with Crippen molar-refractivity contribution in [3.63, 3.8) is 0 Å². The number of rotatable bonds is 7. The van der Waals surface area contributed by atoms with Crippen LogP contribution in [-0.2, 0) is 39.9 Å². The van der Waals surface area contributed by atoms with Gasteiger partial charge < -0.3 is 23.7 Å². The second-order valence-electron chi connectivity index (χ2n) is 6.69. The molecule has 3 heterocycles. The molecule has 0 amide bonds. The number of carbonyl (C=O) groups excluding carboxylic acids is 3. The van der Waals surface area contributed by atoms with Crippen LogP contribution < -0.4 is 4.74 Å². The van der Waals surface area contributed by atoms with E-state index in [1.165, 1.54) is 25.5 Å². The summed E-state index contributed by atoms with van der Waals surface area (Å²) in [7, 11) is 0. The molecule has 12 nitrogen and oxygen atoms in total. The summed E-state index contributed by atoms with van der Waals surface area (Å²) < 4.78 is 28.5. The molecule has 12 heteroatoms. The Morgan fingerprint density at radius 3 is 2.45 bits per heavy atom. The van der Waals surface area contributed by atoms with E-state index >= 15 is 0 Å². The largest absolute Gasteiger partial charge is 0.486 e. The first-order valence-electron chi connectivity index (χ1n) is 9.40. The summed E-state index contributed by atoms with van der Waals surface area (Å²) in [6, 6.07) is 3.48. The number of pyridine rings is 1.